The summed E-state index contributed by atoms with van der Waals surface area (Å²) in [5, 5.41) is 12.8. The molecule has 0 saturated heterocycles. The van der Waals surface area contributed by atoms with Crippen molar-refractivity contribution in [3.8, 4) is 0 Å². The maximum Gasteiger partial charge on any atom is 0.164 e. The third-order valence-corrected chi connectivity index (χ3v) is 3.99. The molecule has 0 unspecified atom stereocenters. The largest absolute Gasteiger partial charge is 0.393 e. The van der Waals surface area contributed by atoms with E-state index in [1.54, 1.807) is 18.5 Å². The number of rotatable bonds is 5. The molecule has 0 radical (unpaired) electrons. The molecule has 1 atom stereocenters. The van der Waals surface area contributed by atoms with Crippen molar-refractivity contribution in [2.45, 2.75) is 31.4 Å². The molecule has 1 fully saturated rings. The van der Waals surface area contributed by atoms with E-state index < -0.39 is 0 Å². The van der Waals surface area contributed by atoms with Crippen LogP contribution in [0.1, 0.15) is 18.5 Å². The molecule has 0 amide bonds. The first kappa shape index (κ1) is 13.9. The lowest BCUT2D eigenvalue weighted by atomic mass is 9.76. The molecule has 1 aliphatic carbocycles. The SMILES string of the molecule is OC1CC([C@H](Cc2ccccn2)Nc2ccncc2F)C1. The Bertz CT molecular complexity index is 587. The summed E-state index contributed by atoms with van der Waals surface area (Å²) in [6.07, 6.45) is 6.50. The van der Waals surface area contributed by atoms with Gasteiger partial charge in [-0.25, -0.2) is 4.39 Å². The highest BCUT2D eigenvalue weighted by Crippen LogP contribution is 2.33. The molecule has 2 aromatic heterocycles. The van der Waals surface area contributed by atoms with E-state index >= 15 is 0 Å². The number of nitrogens with zero attached hydrogens (tertiary/aromatic N) is 2. The summed E-state index contributed by atoms with van der Waals surface area (Å²) >= 11 is 0. The molecule has 3 rings (SSSR count). The van der Waals surface area contributed by atoms with E-state index in [0.29, 0.717) is 18.0 Å². The molecular formula is C16H18FN3O. The molecule has 0 spiro atoms. The second-order valence-corrected chi connectivity index (χ2v) is 5.52. The van der Waals surface area contributed by atoms with Crippen molar-refractivity contribution in [3.05, 3.63) is 54.4 Å². The van der Waals surface area contributed by atoms with E-state index in [-0.39, 0.29) is 18.0 Å². The number of aromatic nitrogens is 2. The van der Waals surface area contributed by atoms with Gasteiger partial charge in [-0.05, 0) is 37.0 Å². The summed E-state index contributed by atoms with van der Waals surface area (Å²) in [5.41, 5.74) is 1.41. The van der Waals surface area contributed by atoms with Gasteiger partial charge < -0.3 is 10.4 Å². The van der Waals surface area contributed by atoms with E-state index in [4.69, 9.17) is 0 Å². The zero-order chi connectivity index (χ0) is 14.7. The Labute approximate surface area is 123 Å². The highest BCUT2D eigenvalue weighted by Gasteiger charge is 2.34. The lowest BCUT2D eigenvalue weighted by Crippen LogP contribution is -2.42. The van der Waals surface area contributed by atoms with Crippen molar-refractivity contribution in [2.24, 2.45) is 5.92 Å². The van der Waals surface area contributed by atoms with Crippen LogP contribution in [-0.4, -0.2) is 27.2 Å². The van der Waals surface area contributed by atoms with Gasteiger partial charge in [0.25, 0.3) is 0 Å². The second-order valence-electron chi connectivity index (χ2n) is 5.52. The van der Waals surface area contributed by atoms with Gasteiger partial charge in [0, 0.05) is 30.6 Å². The van der Waals surface area contributed by atoms with Crippen LogP contribution < -0.4 is 5.32 Å². The third-order valence-electron chi connectivity index (χ3n) is 3.99. The van der Waals surface area contributed by atoms with Gasteiger partial charge in [-0.15, -0.1) is 0 Å². The standard InChI is InChI=1S/C16H18FN3O/c17-14-10-18-6-4-15(14)20-16(11-7-13(21)8-11)9-12-3-1-2-5-19-12/h1-6,10-11,13,16,21H,7-9H2,(H,18,20)/t11?,13?,16-/m0/s1. The minimum Gasteiger partial charge on any atom is -0.393 e. The zero-order valence-electron chi connectivity index (χ0n) is 11.6. The highest BCUT2D eigenvalue weighted by molar-refractivity contribution is 5.44. The number of halogens is 1. The van der Waals surface area contributed by atoms with Crippen LogP contribution >= 0.6 is 0 Å². The Kier molecular flexibility index (Phi) is 4.10. The molecule has 21 heavy (non-hydrogen) atoms. The summed E-state index contributed by atoms with van der Waals surface area (Å²) in [5.74, 6) is -0.0297. The van der Waals surface area contributed by atoms with Crippen molar-refractivity contribution in [2.75, 3.05) is 5.32 Å². The molecule has 0 aromatic carbocycles. The van der Waals surface area contributed by atoms with Crippen LogP contribution in [0.3, 0.4) is 0 Å². The topological polar surface area (TPSA) is 58.0 Å². The first-order valence-corrected chi connectivity index (χ1v) is 7.16. The van der Waals surface area contributed by atoms with Crippen molar-refractivity contribution in [3.63, 3.8) is 0 Å². The van der Waals surface area contributed by atoms with Crippen LogP contribution in [-0.2, 0) is 6.42 Å². The predicted octanol–water partition coefficient (Wildman–Crippen LogP) is 2.41. The van der Waals surface area contributed by atoms with Gasteiger partial charge in [-0.3, -0.25) is 9.97 Å². The fourth-order valence-corrected chi connectivity index (χ4v) is 2.73. The monoisotopic (exact) mass is 287 g/mol. The van der Waals surface area contributed by atoms with Crippen molar-refractivity contribution in [1.29, 1.82) is 0 Å². The van der Waals surface area contributed by atoms with Crippen LogP contribution in [0.4, 0.5) is 10.1 Å². The van der Waals surface area contributed by atoms with Crippen LogP contribution in [0, 0.1) is 11.7 Å². The molecule has 5 heteroatoms. The number of pyridine rings is 2. The molecule has 4 nitrogen and oxygen atoms in total. The van der Waals surface area contributed by atoms with Gasteiger partial charge in [0.2, 0.25) is 0 Å². The maximum absolute atomic E-state index is 13.8. The summed E-state index contributed by atoms with van der Waals surface area (Å²) in [6.45, 7) is 0. The van der Waals surface area contributed by atoms with Gasteiger partial charge in [0.1, 0.15) is 0 Å². The number of anilines is 1. The Morgan fingerprint density at radius 2 is 2.14 bits per heavy atom. The minimum absolute atomic E-state index is 0.0557. The summed E-state index contributed by atoms with van der Waals surface area (Å²) in [4.78, 5) is 8.09. The van der Waals surface area contributed by atoms with Crippen LogP contribution in [0.2, 0.25) is 0 Å². The van der Waals surface area contributed by atoms with Gasteiger partial charge in [-0.2, -0.15) is 0 Å². The minimum atomic E-state index is -0.358. The Balaban J connectivity index is 1.75. The Hall–Kier alpha value is -2.01. The normalized spacial score (nSPS) is 22.4. The lowest BCUT2D eigenvalue weighted by molar-refractivity contribution is 0.0340. The van der Waals surface area contributed by atoms with Gasteiger partial charge >= 0.3 is 0 Å². The van der Waals surface area contributed by atoms with E-state index in [0.717, 1.165) is 18.5 Å². The smallest absolute Gasteiger partial charge is 0.164 e. The first-order valence-electron chi connectivity index (χ1n) is 7.16. The van der Waals surface area contributed by atoms with E-state index in [9.17, 15) is 9.50 Å². The van der Waals surface area contributed by atoms with Crippen molar-refractivity contribution in [1.82, 2.24) is 9.97 Å². The predicted molar refractivity (Wildman–Crippen MR) is 78.3 cm³/mol. The number of hydrogen-bond donors (Lipinski definition) is 2. The molecule has 2 heterocycles. The fraction of sp³-hybridized carbons (Fsp3) is 0.375. The molecule has 0 bridgehead atoms. The van der Waals surface area contributed by atoms with E-state index in [1.807, 2.05) is 18.2 Å². The molecule has 2 aromatic rings. The number of nitrogens with one attached hydrogen (secondary N) is 1. The number of hydrogen-bond acceptors (Lipinski definition) is 4. The quantitative estimate of drug-likeness (QED) is 0.886. The summed E-state index contributed by atoms with van der Waals surface area (Å²) in [6, 6.07) is 7.48. The second kappa shape index (κ2) is 6.18. The maximum atomic E-state index is 13.8. The highest BCUT2D eigenvalue weighted by atomic mass is 19.1. The summed E-state index contributed by atoms with van der Waals surface area (Å²) < 4.78 is 13.8. The van der Waals surface area contributed by atoms with Crippen molar-refractivity contribution >= 4 is 5.69 Å². The molecule has 2 N–H and O–H groups in total. The average Bonchev–Trinajstić information content (AvgIpc) is 2.47. The first-order chi connectivity index (χ1) is 10.2. The zero-order valence-corrected chi connectivity index (χ0v) is 11.6. The van der Waals surface area contributed by atoms with Gasteiger partial charge in [-0.1, -0.05) is 6.07 Å². The fourth-order valence-electron chi connectivity index (χ4n) is 2.73. The van der Waals surface area contributed by atoms with E-state index in [1.165, 1.54) is 6.20 Å². The van der Waals surface area contributed by atoms with Crippen LogP contribution in [0.25, 0.3) is 0 Å². The van der Waals surface area contributed by atoms with Gasteiger partial charge in [0.15, 0.2) is 5.82 Å². The third kappa shape index (κ3) is 3.36. The number of aliphatic hydroxyl groups excluding tert-OH is 1. The average molecular weight is 287 g/mol. The molecule has 110 valence electrons. The number of aliphatic hydroxyl groups is 1. The molecule has 1 aliphatic rings. The molecule has 0 aliphatic heterocycles. The molecule has 1 saturated carbocycles. The van der Waals surface area contributed by atoms with Crippen molar-refractivity contribution < 1.29 is 9.50 Å². The Morgan fingerprint density at radius 3 is 2.81 bits per heavy atom. The Morgan fingerprint density at radius 1 is 1.29 bits per heavy atom. The summed E-state index contributed by atoms with van der Waals surface area (Å²) in [7, 11) is 0. The van der Waals surface area contributed by atoms with Gasteiger partial charge in [0.05, 0.1) is 18.0 Å². The van der Waals surface area contributed by atoms with Crippen LogP contribution in [0.15, 0.2) is 42.9 Å². The van der Waals surface area contributed by atoms with E-state index in [2.05, 4.69) is 15.3 Å². The molecular weight excluding hydrogens is 269 g/mol. The van der Waals surface area contributed by atoms with Crippen LogP contribution in [0.5, 0.6) is 0 Å². The lowest BCUT2D eigenvalue weighted by Gasteiger charge is -2.38.